The zero-order valence-electron chi connectivity index (χ0n) is 15.4. The molecular weight excluding hydrogens is 384 g/mol. The van der Waals surface area contributed by atoms with Crippen LogP contribution in [0.1, 0.15) is 48.5 Å². The molecule has 7 heteroatoms. The molecule has 3 rings (SSSR count). The van der Waals surface area contributed by atoms with E-state index in [9.17, 15) is 13.2 Å². The summed E-state index contributed by atoms with van der Waals surface area (Å²) in [6.07, 6.45) is 1.67. The molecular formula is C20H23ClN2O3S. The van der Waals surface area contributed by atoms with Gasteiger partial charge < -0.3 is 5.32 Å². The maximum atomic E-state index is 12.8. The summed E-state index contributed by atoms with van der Waals surface area (Å²) in [6.45, 7) is 5.12. The summed E-state index contributed by atoms with van der Waals surface area (Å²) in [7, 11) is -3.69. The third kappa shape index (κ3) is 4.34. The Kier molecular flexibility index (Phi) is 5.89. The van der Waals surface area contributed by atoms with Crippen LogP contribution in [0.4, 0.5) is 5.69 Å². The Morgan fingerprint density at radius 3 is 2.48 bits per heavy atom. The summed E-state index contributed by atoms with van der Waals surface area (Å²) in [6, 6.07) is 12.0. The Morgan fingerprint density at radius 1 is 1.11 bits per heavy atom. The molecule has 0 radical (unpaired) electrons. The lowest BCUT2D eigenvalue weighted by Gasteiger charge is -2.17. The van der Waals surface area contributed by atoms with Crippen LogP contribution in [0.2, 0.25) is 5.02 Å². The second kappa shape index (κ2) is 8.00. The molecule has 27 heavy (non-hydrogen) atoms. The lowest BCUT2D eigenvalue weighted by atomic mass is 10.0. The number of amides is 1. The van der Waals surface area contributed by atoms with Gasteiger partial charge in [0.25, 0.3) is 5.91 Å². The second-order valence-corrected chi connectivity index (χ2v) is 9.30. The first-order valence-corrected chi connectivity index (χ1v) is 10.8. The number of sulfonamides is 1. The van der Waals surface area contributed by atoms with Crippen LogP contribution in [0.15, 0.2) is 47.4 Å². The number of hydrogen-bond donors (Lipinski definition) is 1. The van der Waals surface area contributed by atoms with Crippen LogP contribution in [0.3, 0.4) is 0 Å². The van der Waals surface area contributed by atoms with E-state index in [4.69, 9.17) is 11.6 Å². The Labute approximate surface area is 165 Å². The fraction of sp³-hybridized carbons (Fsp3) is 0.350. The number of rotatable bonds is 5. The van der Waals surface area contributed by atoms with E-state index in [-0.39, 0.29) is 21.4 Å². The highest BCUT2D eigenvalue weighted by molar-refractivity contribution is 7.89. The number of benzene rings is 2. The van der Waals surface area contributed by atoms with Gasteiger partial charge in [-0.2, -0.15) is 4.31 Å². The van der Waals surface area contributed by atoms with Gasteiger partial charge in [-0.25, -0.2) is 8.42 Å². The van der Waals surface area contributed by atoms with Gasteiger partial charge in [-0.1, -0.05) is 37.6 Å². The van der Waals surface area contributed by atoms with Crippen molar-refractivity contribution in [3.63, 3.8) is 0 Å². The van der Waals surface area contributed by atoms with Gasteiger partial charge in [0.15, 0.2) is 0 Å². The summed E-state index contributed by atoms with van der Waals surface area (Å²) < 4.78 is 27.1. The molecule has 1 fully saturated rings. The van der Waals surface area contributed by atoms with Crippen LogP contribution in [-0.4, -0.2) is 31.7 Å². The molecule has 1 aliphatic heterocycles. The van der Waals surface area contributed by atoms with Gasteiger partial charge in [0.2, 0.25) is 10.0 Å². The molecule has 0 bridgehead atoms. The molecule has 5 nitrogen and oxygen atoms in total. The minimum absolute atomic E-state index is 0.0188. The number of nitrogens with one attached hydrogen (secondary N) is 1. The number of carbonyl (C=O) groups is 1. The smallest absolute Gasteiger partial charge is 0.255 e. The summed E-state index contributed by atoms with van der Waals surface area (Å²) >= 11 is 6.14. The number of anilines is 1. The van der Waals surface area contributed by atoms with Crippen LogP contribution >= 0.6 is 11.6 Å². The van der Waals surface area contributed by atoms with Crippen molar-refractivity contribution in [2.24, 2.45) is 0 Å². The van der Waals surface area contributed by atoms with Crippen molar-refractivity contribution in [3.8, 4) is 0 Å². The molecule has 0 spiro atoms. The molecule has 2 aromatic rings. The van der Waals surface area contributed by atoms with Crippen LogP contribution in [0.25, 0.3) is 0 Å². The molecule has 1 amide bonds. The fourth-order valence-corrected chi connectivity index (χ4v) is 5.11. The van der Waals surface area contributed by atoms with Crippen molar-refractivity contribution < 1.29 is 13.2 Å². The van der Waals surface area contributed by atoms with E-state index in [1.54, 1.807) is 0 Å². The van der Waals surface area contributed by atoms with Crippen molar-refractivity contribution in [1.29, 1.82) is 0 Å². The van der Waals surface area contributed by atoms with Crippen LogP contribution < -0.4 is 5.32 Å². The predicted octanol–water partition coefficient (Wildman–Crippen LogP) is 4.50. The first kappa shape index (κ1) is 19.9. The van der Waals surface area contributed by atoms with Crippen LogP contribution in [0, 0.1) is 0 Å². The maximum Gasteiger partial charge on any atom is 0.255 e. The van der Waals surface area contributed by atoms with E-state index in [0.717, 1.165) is 18.4 Å². The molecule has 1 N–H and O–H groups in total. The Bertz CT molecular complexity index is 951. The predicted molar refractivity (Wildman–Crippen MR) is 108 cm³/mol. The van der Waals surface area contributed by atoms with Gasteiger partial charge in [0.05, 0.1) is 5.02 Å². The Balaban J connectivity index is 1.87. The molecule has 1 aliphatic rings. The summed E-state index contributed by atoms with van der Waals surface area (Å²) in [4.78, 5) is 12.6. The van der Waals surface area contributed by atoms with Gasteiger partial charge in [0, 0.05) is 24.3 Å². The van der Waals surface area contributed by atoms with E-state index in [2.05, 4.69) is 19.2 Å². The molecule has 0 saturated carbocycles. The van der Waals surface area contributed by atoms with Crippen molar-refractivity contribution in [3.05, 3.63) is 58.6 Å². The number of carbonyl (C=O) groups excluding carboxylic acids is 1. The van der Waals surface area contributed by atoms with Crippen molar-refractivity contribution in [2.45, 2.75) is 37.5 Å². The van der Waals surface area contributed by atoms with Crippen molar-refractivity contribution in [2.75, 3.05) is 18.4 Å². The van der Waals surface area contributed by atoms with Gasteiger partial charge >= 0.3 is 0 Å². The summed E-state index contributed by atoms with van der Waals surface area (Å²) in [5, 5.41) is 2.96. The normalized spacial score (nSPS) is 15.3. The van der Waals surface area contributed by atoms with E-state index in [1.165, 1.54) is 22.5 Å². The molecule has 0 unspecified atom stereocenters. The van der Waals surface area contributed by atoms with Crippen molar-refractivity contribution in [1.82, 2.24) is 4.31 Å². The minimum atomic E-state index is -3.69. The molecule has 0 aromatic heterocycles. The Morgan fingerprint density at radius 2 is 1.81 bits per heavy atom. The standard InChI is InChI=1S/C20H23ClN2O3S/c1-14(2)15-6-5-7-17(12-15)22-20(24)16-8-9-18(21)19(13-16)27(25,26)23-10-3-4-11-23/h5-9,12-14H,3-4,10-11H2,1-2H3,(H,22,24). The van der Waals surface area contributed by atoms with E-state index in [1.807, 2.05) is 24.3 Å². The summed E-state index contributed by atoms with van der Waals surface area (Å²) in [5.74, 6) is -0.0277. The van der Waals surface area contributed by atoms with Crippen LogP contribution in [-0.2, 0) is 10.0 Å². The van der Waals surface area contributed by atoms with Gasteiger partial charge in [-0.05, 0) is 54.7 Å². The molecule has 2 aromatic carbocycles. The Hall–Kier alpha value is -1.89. The third-order valence-corrected chi connectivity index (χ3v) is 7.07. The lowest BCUT2D eigenvalue weighted by molar-refractivity contribution is 0.102. The highest BCUT2D eigenvalue weighted by Crippen LogP contribution is 2.28. The highest BCUT2D eigenvalue weighted by Gasteiger charge is 2.29. The average Bonchev–Trinajstić information content (AvgIpc) is 3.17. The monoisotopic (exact) mass is 406 g/mol. The minimum Gasteiger partial charge on any atom is -0.322 e. The lowest BCUT2D eigenvalue weighted by Crippen LogP contribution is -2.28. The molecule has 0 atom stereocenters. The zero-order valence-corrected chi connectivity index (χ0v) is 17.0. The first-order chi connectivity index (χ1) is 12.8. The SMILES string of the molecule is CC(C)c1cccc(NC(=O)c2ccc(Cl)c(S(=O)(=O)N3CCCC3)c2)c1. The van der Waals surface area contributed by atoms with E-state index < -0.39 is 10.0 Å². The van der Waals surface area contributed by atoms with Crippen molar-refractivity contribution >= 4 is 33.2 Å². The molecule has 1 heterocycles. The maximum absolute atomic E-state index is 12.8. The van der Waals surface area contributed by atoms with Crippen LogP contribution in [0.5, 0.6) is 0 Å². The topological polar surface area (TPSA) is 66.5 Å². The second-order valence-electron chi connectivity index (χ2n) is 6.99. The van der Waals surface area contributed by atoms with E-state index >= 15 is 0 Å². The largest absolute Gasteiger partial charge is 0.322 e. The highest BCUT2D eigenvalue weighted by atomic mass is 35.5. The molecule has 144 valence electrons. The average molecular weight is 407 g/mol. The fourth-order valence-electron chi connectivity index (χ4n) is 3.09. The zero-order chi connectivity index (χ0) is 19.6. The number of halogens is 1. The molecule has 1 saturated heterocycles. The first-order valence-electron chi connectivity index (χ1n) is 9.00. The van der Waals surface area contributed by atoms with E-state index in [0.29, 0.717) is 24.7 Å². The van der Waals surface area contributed by atoms with Gasteiger partial charge in [-0.3, -0.25) is 4.79 Å². The number of nitrogens with zero attached hydrogens (tertiary/aromatic N) is 1. The third-order valence-electron chi connectivity index (χ3n) is 4.69. The number of hydrogen-bond acceptors (Lipinski definition) is 3. The molecule has 0 aliphatic carbocycles. The van der Waals surface area contributed by atoms with Gasteiger partial charge in [-0.15, -0.1) is 0 Å². The quantitative estimate of drug-likeness (QED) is 0.794. The summed E-state index contributed by atoms with van der Waals surface area (Å²) in [5.41, 5.74) is 2.04. The van der Waals surface area contributed by atoms with Gasteiger partial charge in [0.1, 0.15) is 4.90 Å².